The molecule has 2 aliphatic rings. The number of nitrogens with zero attached hydrogens (tertiary/aromatic N) is 3. The zero-order valence-electron chi connectivity index (χ0n) is 14.3. The molecule has 1 aromatic heterocycles. The minimum Gasteiger partial charge on any atom is -0.474 e. The number of aldehydes is 1. The van der Waals surface area contributed by atoms with Gasteiger partial charge in [-0.05, 0) is 43.9 Å². The molecule has 0 unspecified atom stereocenters. The Hall–Kier alpha value is -2.05. The second kappa shape index (κ2) is 7.45. The van der Waals surface area contributed by atoms with Crippen molar-refractivity contribution in [1.29, 1.82) is 0 Å². The highest BCUT2D eigenvalue weighted by Crippen LogP contribution is 2.29. The van der Waals surface area contributed by atoms with Gasteiger partial charge in [0.2, 0.25) is 5.88 Å². The van der Waals surface area contributed by atoms with Gasteiger partial charge in [0.15, 0.2) is 0 Å². The van der Waals surface area contributed by atoms with Crippen LogP contribution in [0.4, 0.5) is 0 Å². The molecule has 1 aromatic carbocycles. The summed E-state index contributed by atoms with van der Waals surface area (Å²) in [7, 11) is 0. The van der Waals surface area contributed by atoms with Crippen molar-refractivity contribution in [1.82, 2.24) is 14.9 Å². The molecule has 2 fully saturated rings. The molecule has 0 spiro atoms. The number of aromatic nitrogens is 2. The number of hydrogen-bond donors (Lipinski definition) is 0. The van der Waals surface area contributed by atoms with E-state index in [1.807, 2.05) is 6.07 Å². The van der Waals surface area contributed by atoms with E-state index in [0.29, 0.717) is 17.5 Å². The van der Waals surface area contributed by atoms with E-state index in [0.717, 1.165) is 69.2 Å². The zero-order chi connectivity index (χ0) is 17.1. The summed E-state index contributed by atoms with van der Waals surface area (Å²) in [5.74, 6) is 0.587. The van der Waals surface area contributed by atoms with Crippen LogP contribution in [0.5, 0.6) is 5.88 Å². The van der Waals surface area contributed by atoms with E-state index in [9.17, 15) is 4.79 Å². The predicted octanol–water partition coefficient (Wildman–Crippen LogP) is 2.46. The van der Waals surface area contributed by atoms with Crippen molar-refractivity contribution >= 4 is 17.2 Å². The molecule has 2 heterocycles. The Morgan fingerprint density at radius 3 is 2.68 bits per heavy atom. The van der Waals surface area contributed by atoms with Crippen LogP contribution in [0, 0.1) is 0 Å². The van der Waals surface area contributed by atoms with E-state index >= 15 is 0 Å². The molecule has 25 heavy (non-hydrogen) atoms. The first kappa shape index (κ1) is 16.4. The van der Waals surface area contributed by atoms with Gasteiger partial charge >= 0.3 is 0 Å². The molecule has 2 aromatic rings. The molecule has 6 nitrogen and oxygen atoms in total. The van der Waals surface area contributed by atoms with E-state index < -0.39 is 0 Å². The number of hydrogen-bond acceptors (Lipinski definition) is 6. The lowest BCUT2D eigenvalue weighted by Gasteiger charge is -2.38. The average Bonchev–Trinajstić information content (AvgIpc) is 2.69. The van der Waals surface area contributed by atoms with Crippen LogP contribution in [0.2, 0.25) is 0 Å². The van der Waals surface area contributed by atoms with Crippen molar-refractivity contribution in [3.05, 3.63) is 30.1 Å². The van der Waals surface area contributed by atoms with Crippen LogP contribution in [-0.4, -0.2) is 59.6 Å². The number of carbonyl (C=O) groups is 1. The Balaban J connectivity index is 1.43. The molecule has 0 N–H and O–H groups in total. The van der Waals surface area contributed by atoms with Crippen LogP contribution in [0.1, 0.15) is 36.0 Å². The molecule has 132 valence electrons. The summed E-state index contributed by atoms with van der Waals surface area (Å²) in [4.78, 5) is 22.2. The first-order chi connectivity index (χ1) is 12.3. The lowest BCUT2D eigenvalue weighted by atomic mass is 9.91. The van der Waals surface area contributed by atoms with E-state index in [1.54, 1.807) is 12.1 Å². The van der Waals surface area contributed by atoms with Gasteiger partial charge in [0, 0.05) is 24.7 Å². The Kier molecular flexibility index (Phi) is 4.90. The Morgan fingerprint density at radius 2 is 1.92 bits per heavy atom. The maximum Gasteiger partial charge on any atom is 0.224 e. The monoisotopic (exact) mass is 341 g/mol. The molecule has 1 saturated heterocycles. The largest absolute Gasteiger partial charge is 0.474 e. The van der Waals surface area contributed by atoms with E-state index in [4.69, 9.17) is 9.47 Å². The van der Waals surface area contributed by atoms with E-state index in [-0.39, 0.29) is 6.10 Å². The number of carbonyl (C=O) groups excluding carboxylic acids is 1. The molecule has 1 aliphatic carbocycles. The molecular formula is C19H23N3O3. The summed E-state index contributed by atoms with van der Waals surface area (Å²) in [6.07, 6.45) is 6.89. The molecule has 0 bridgehead atoms. The minimum absolute atomic E-state index is 0.176. The van der Waals surface area contributed by atoms with Crippen molar-refractivity contribution in [3.8, 4) is 5.88 Å². The number of ether oxygens (including phenoxy) is 2. The van der Waals surface area contributed by atoms with Gasteiger partial charge in [0.1, 0.15) is 18.7 Å². The van der Waals surface area contributed by atoms with Crippen LogP contribution in [0.15, 0.2) is 24.5 Å². The summed E-state index contributed by atoms with van der Waals surface area (Å²) in [5, 5.41) is 0.808. The molecule has 0 atom stereocenters. The number of fused-ring (bicyclic) bond motifs is 1. The lowest BCUT2D eigenvalue weighted by molar-refractivity contribution is -0.00126. The summed E-state index contributed by atoms with van der Waals surface area (Å²) in [5.41, 5.74) is 1.42. The van der Waals surface area contributed by atoms with Crippen LogP contribution in [0.25, 0.3) is 10.9 Å². The number of morpholine rings is 1. The van der Waals surface area contributed by atoms with Crippen LogP contribution in [-0.2, 0) is 4.74 Å². The molecule has 4 rings (SSSR count). The molecule has 0 radical (unpaired) electrons. The van der Waals surface area contributed by atoms with Gasteiger partial charge in [-0.25, -0.2) is 9.97 Å². The Morgan fingerprint density at radius 1 is 1.12 bits per heavy atom. The van der Waals surface area contributed by atoms with Gasteiger partial charge in [-0.15, -0.1) is 0 Å². The second-order valence-electron chi connectivity index (χ2n) is 6.77. The third-order valence-corrected chi connectivity index (χ3v) is 5.24. The van der Waals surface area contributed by atoms with Gasteiger partial charge in [0.05, 0.1) is 24.1 Å². The average molecular weight is 341 g/mol. The first-order valence-electron chi connectivity index (χ1n) is 9.02. The van der Waals surface area contributed by atoms with Gasteiger partial charge in [0.25, 0.3) is 0 Å². The third-order valence-electron chi connectivity index (χ3n) is 5.24. The fourth-order valence-electron chi connectivity index (χ4n) is 3.85. The molecule has 6 heteroatoms. The van der Waals surface area contributed by atoms with Crippen molar-refractivity contribution in [2.75, 3.05) is 26.3 Å². The first-order valence-corrected chi connectivity index (χ1v) is 9.02. The van der Waals surface area contributed by atoms with Crippen molar-refractivity contribution in [3.63, 3.8) is 0 Å². The molecule has 1 aliphatic heterocycles. The molecular weight excluding hydrogens is 318 g/mol. The van der Waals surface area contributed by atoms with Gasteiger partial charge < -0.3 is 9.47 Å². The van der Waals surface area contributed by atoms with Crippen LogP contribution < -0.4 is 4.74 Å². The maximum atomic E-state index is 11.0. The summed E-state index contributed by atoms with van der Waals surface area (Å²) in [6.45, 7) is 3.78. The van der Waals surface area contributed by atoms with E-state index in [1.165, 1.54) is 6.33 Å². The molecule has 1 saturated carbocycles. The maximum absolute atomic E-state index is 11.0. The quantitative estimate of drug-likeness (QED) is 0.796. The highest BCUT2D eigenvalue weighted by atomic mass is 16.5. The second-order valence-corrected chi connectivity index (χ2v) is 6.77. The summed E-state index contributed by atoms with van der Waals surface area (Å²) >= 11 is 0. The van der Waals surface area contributed by atoms with Crippen molar-refractivity contribution in [2.24, 2.45) is 0 Å². The van der Waals surface area contributed by atoms with Crippen molar-refractivity contribution < 1.29 is 14.3 Å². The summed E-state index contributed by atoms with van der Waals surface area (Å²) in [6, 6.07) is 6.05. The number of rotatable bonds is 4. The topological polar surface area (TPSA) is 64.5 Å². The fraction of sp³-hybridized carbons (Fsp3) is 0.526. The Bertz CT molecular complexity index is 738. The van der Waals surface area contributed by atoms with Gasteiger partial charge in [-0.2, -0.15) is 0 Å². The smallest absolute Gasteiger partial charge is 0.224 e. The van der Waals surface area contributed by atoms with Gasteiger partial charge in [-0.3, -0.25) is 9.69 Å². The lowest BCUT2D eigenvalue weighted by Crippen LogP contribution is -2.46. The van der Waals surface area contributed by atoms with Crippen LogP contribution in [0.3, 0.4) is 0 Å². The fourth-order valence-corrected chi connectivity index (χ4v) is 3.85. The SMILES string of the molecule is O=Cc1ccc2ncnc(O[C@H]3CC[C@H](N4CCOCC4)CC3)c2c1. The zero-order valence-corrected chi connectivity index (χ0v) is 14.3. The third kappa shape index (κ3) is 3.65. The standard InChI is InChI=1S/C19H23N3O3/c23-12-14-1-6-18-17(11-14)19(21-13-20-18)25-16-4-2-15(3-5-16)22-7-9-24-10-8-22/h1,6,11-13,15-16H,2-5,7-10H2/t15-,16-. The van der Waals surface area contributed by atoms with Crippen LogP contribution >= 0.6 is 0 Å². The molecule has 0 amide bonds. The van der Waals surface area contributed by atoms with Gasteiger partial charge in [-0.1, -0.05) is 0 Å². The predicted molar refractivity (Wildman–Crippen MR) is 94.0 cm³/mol. The highest BCUT2D eigenvalue weighted by molar-refractivity contribution is 5.89. The minimum atomic E-state index is 0.176. The highest BCUT2D eigenvalue weighted by Gasteiger charge is 2.28. The number of benzene rings is 1. The Labute approximate surface area is 147 Å². The van der Waals surface area contributed by atoms with E-state index in [2.05, 4.69) is 14.9 Å². The summed E-state index contributed by atoms with van der Waals surface area (Å²) < 4.78 is 11.6. The normalized spacial score (nSPS) is 25.0. The van der Waals surface area contributed by atoms with Crippen molar-refractivity contribution in [2.45, 2.75) is 37.8 Å².